The van der Waals surface area contributed by atoms with E-state index in [1.807, 2.05) is 0 Å². The Kier molecular flexibility index (Phi) is 5.17. The number of nitrogens with zero attached hydrogens (tertiary/aromatic N) is 1. The van der Waals surface area contributed by atoms with Crippen molar-refractivity contribution in [3.63, 3.8) is 0 Å². The SMILES string of the molecule is O=C(NCCOc1ccc(S(F)(F)(F)(F)F)cc1)c1ccnc(NC(=O)C2CC2)c1. The van der Waals surface area contributed by atoms with Crippen molar-refractivity contribution < 1.29 is 33.8 Å². The van der Waals surface area contributed by atoms with Crippen molar-refractivity contribution in [3.05, 3.63) is 48.2 Å². The van der Waals surface area contributed by atoms with Gasteiger partial charge in [-0.1, -0.05) is 19.4 Å². The van der Waals surface area contributed by atoms with Gasteiger partial charge in [0.15, 0.2) is 0 Å². The summed E-state index contributed by atoms with van der Waals surface area (Å²) in [6.45, 7) is -0.0912. The highest BCUT2D eigenvalue weighted by atomic mass is 32.5. The van der Waals surface area contributed by atoms with Gasteiger partial charge in [0.1, 0.15) is 23.1 Å². The number of hydrogen-bond acceptors (Lipinski definition) is 4. The van der Waals surface area contributed by atoms with Gasteiger partial charge in [-0.05, 0) is 49.2 Å². The van der Waals surface area contributed by atoms with E-state index in [0.29, 0.717) is 0 Å². The smallest absolute Gasteiger partial charge is 0.310 e. The Morgan fingerprint density at radius 1 is 1.07 bits per heavy atom. The number of amides is 2. The number of nitrogens with one attached hydrogen (secondary N) is 2. The molecule has 0 unspecified atom stereocenters. The first kappa shape index (κ1) is 21.8. The summed E-state index contributed by atoms with van der Waals surface area (Å²) in [5.41, 5.74) is 0.247. The summed E-state index contributed by atoms with van der Waals surface area (Å²) < 4.78 is 68.5. The molecule has 0 aliphatic heterocycles. The zero-order valence-corrected chi connectivity index (χ0v) is 16.2. The third-order valence-electron chi connectivity index (χ3n) is 4.15. The van der Waals surface area contributed by atoms with E-state index >= 15 is 0 Å². The molecule has 1 saturated carbocycles. The van der Waals surface area contributed by atoms with Gasteiger partial charge in [-0.25, -0.2) is 4.98 Å². The number of aromatic nitrogens is 1. The van der Waals surface area contributed by atoms with Gasteiger partial charge in [0.2, 0.25) is 5.91 Å². The molecular weight excluding hydrogens is 433 g/mol. The highest BCUT2D eigenvalue weighted by Gasteiger charge is 2.65. The van der Waals surface area contributed by atoms with Gasteiger partial charge in [0, 0.05) is 17.7 Å². The second-order valence-electron chi connectivity index (χ2n) is 6.74. The monoisotopic (exact) mass is 451 g/mol. The van der Waals surface area contributed by atoms with Crippen LogP contribution in [0.5, 0.6) is 5.75 Å². The molecule has 1 aliphatic carbocycles. The summed E-state index contributed by atoms with van der Waals surface area (Å²) >= 11 is 0. The topological polar surface area (TPSA) is 80.3 Å². The molecule has 2 amide bonds. The van der Waals surface area contributed by atoms with E-state index in [9.17, 15) is 29.0 Å². The third-order valence-corrected chi connectivity index (χ3v) is 5.31. The van der Waals surface area contributed by atoms with Crippen LogP contribution in [0, 0.1) is 5.92 Å². The van der Waals surface area contributed by atoms with Crippen LogP contribution in [0.15, 0.2) is 47.5 Å². The number of halogens is 5. The summed E-state index contributed by atoms with van der Waals surface area (Å²) in [5.74, 6) is -0.438. The molecule has 6 nitrogen and oxygen atoms in total. The highest BCUT2D eigenvalue weighted by Crippen LogP contribution is 3.02. The van der Waals surface area contributed by atoms with Crippen molar-refractivity contribution in [2.24, 2.45) is 5.92 Å². The lowest BCUT2D eigenvalue weighted by molar-refractivity contribution is -0.117. The first-order valence-electron chi connectivity index (χ1n) is 8.84. The molecule has 3 rings (SSSR count). The molecule has 1 aromatic heterocycles. The molecular formula is C18H18F5N3O3S. The first-order valence-corrected chi connectivity index (χ1v) is 10.8. The lowest BCUT2D eigenvalue weighted by Crippen LogP contribution is -2.28. The number of ether oxygens (including phenoxy) is 1. The van der Waals surface area contributed by atoms with Crippen molar-refractivity contribution in [1.29, 1.82) is 0 Å². The van der Waals surface area contributed by atoms with Crippen LogP contribution < -0.4 is 15.4 Å². The Balaban J connectivity index is 1.47. The van der Waals surface area contributed by atoms with Crippen molar-refractivity contribution in [2.45, 2.75) is 17.7 Å². The number of carbonyl (C=O) groups excluding carboxylic acids is 2. The van der Waals surface area contributed by atoms with Crippen LogP contribution in [-0.4, -0.2) is 29.9 Å². The summed E-state index contributed by atoms with van der Waals surface area (Å²) in [6.07, 6.45) is 3.03. The molecule has 1 fully saturated rings. The number of hydrogen-bond donors (Lipinski definition) is 2. The molecule has 164 valence electrons. The molecule has 2 N–H and O–H groups in total. The van der Waals surface area contributed by atoms with Gasteiger partial charge in [0.25, 0.3) is 5.91 Å². The molecule has 12 heteroatoms. The minimum atomic E-state index is -9.72. The first-order chi connectivity index (χ1) is 13.8. The van der Waals surface area contributed by atoms with Crippen LogP contribution in [0.2, 0.25) is 0 Å². The Hall–Kier alpha value is -2.89. The van der Waals surface area contributed by atoms with Crippen molar-refractivity contribution >= 4 is 27.9 Å². The van der Waals surface area contributed by atoms with E-state index in [-0.39, 0.29) is 54.2 Å². The average Bonchev–Trinajstić information content (AvgIpc) is 3.49. The maximum atomic E-state index is 12.7. The molecule has 1 heterocycles. The number of carbonyl (C=O) groups is 2. The Morgan fingerprint density at radius 2 is 1.73 bits per heavy atom. The van der Waals surface area contributed by atoms with Crippen molar-refractivity contribution in [2.75, 3.05) is 18.5 Å². The fourth-order valence-electron chi connectivity index (χ4n) is 2.44. The van der Waals surface area contributed by atoms with Gasteiger partial charge in [0.05, 0.1) is 6.54 Å². The van der Waals surface area contributed by atoms with E-state index in [1.54, 1.807) is 0 Å². The van der Waals surface area contributed by atoms with Gasteiger partial charge in [-0.15, -0.1) is 0 Å². The quantitative estimate of drug-likeness (QED) is 0.442. The van der Waals surface area contributed by atoms with E-state index in [2.05, 4.69) is 15.6 Å². The van der Waals surface area contributed by atoms with Gasteiger partial charge in [-0.2, -0.15) is 0 Å². The minimum absolute atomic E-state index is 0.00816. The Labute approximate surface area is 168 Å². The standard InChI is InChI=1S/C18H18F5N3O3S/c19-30(20,21,22,23)15-5-3-14(4-6-15)29-10-9-25-17(27)13-7-8-24-16(11-13)26-18(28)12-1-2-12/h3-8,11-12H,1-2,9-10H2,(H,25,27)(H,24,26,28). The Bertz CT molecular complexity index is 964. The van der Waals surface area contributed by atoms with Crippen LogP contribution in [0.3, 0.4) is 0 Å². The minimum Gasteiger partial charge on any atom is -0.492 e. The summed E-state index contributed by atoms with van der Waals surface area (Å²) in [5, 5.41) is 5.16. The Morgan fingerprint density at radius 3 is 2.33 bits per heavy atom. The predicted molar refractivity (Wildman–Crippen MR) is 101 cm³/mol. The maximum absolute atomic E-state index is 12.7. The van der Waals surface area contributed by atoms with E-state index in [1.165, 1.54) is 18.3 Å². The molecule has 0 saturated heterocycles. The predicted octanol–water partition coefficient (Wildman–Crippen LogP) is 4.90. The van der Waals surface area contributed by atoms with Crippen LogP contribution >= 0.6 is 10.2 Å². The number of anilines is 1. The van der Waals surface area contributed by atoms with Crippen LogP contribution in [0.25, 0.3) is 0 Å². The molecule has 0 atom stereocenters. The highest BCUT2D eigenvalue weighted by molar-refractivity contribution is 8.45. The lowest BCUT2D eigenvalue weighted by atomic mass is 10.2. The molecule has 30 heavy (non-hydrogen) atoms. The molecule has 0 radical (unpaired) electrons. The molecule has 1 aliphatic rings. The third kappa shape index (κ3) is 6.05. The number of benzene rings is 1. The molecule has 0 bridgehead atoms. The van der Waals surface area contributed by atoms with Gasteiger partial charge >= 0.3 is 10.2 Å². The van der Waals surface area contributed by atoms with E-state index in [4.69, 9.17) is 4.74 Å². The second kappa shape index (κ2) is 7.11. The van der Waals surface area contributed by atoms with Crippen molar-refractivity contribution in [3.8, 4) is 5.75 Å². The van der Waals surface area contributed by atoms with Crippen LogP contribution in [0.4, 0.5) is 25.2 Å². The lowest BCUT2D eigenvalue weighted by Gasteiger charge is -2.40. The summed E-state index contributed by atoms with van der Waals surface area (Å²) in [7, 11) is -9.72. The fourth-order valence-corrected chi connectivity index (χ4v) is 3.09. The normalized spacial score (nSPS) is 16.2. The average molecular weight is 451 g/mol. The summed E-state index contributed by atoms with van der Waals surface area (Å²) in [4.78, 5) is 25.9. The van der Waals surface area contributed by atoms with Crippen LogP contribution in [0.1, 0.15) is 23.2 Å². The van der Waals surface area contributed by atoms with Crippen LogP contribution in [-0.2, 0) is 4.79 Å². The number of pyridine rings is 1. The molecule has 1 aromatic carbocycles. The fraction of sp³-hybridized carbons (Fsp3) is 0.278. The van der Waals surface area contributed by atoms with E-state index < -0.39 is 21.0 Å². The maximum Gasteiger partial charge on any atom is 0.310 e. The second-order valence-corrected chi connectivity index (χ2v) is 9.15. The summed E-state index contributed by atoms with van der Waals surface area (Å²) in [6, 6.07) is 4.93. The largest absolute Gasteiger partial charge is 0.492 e. The van der Waals surface area contributed by atoms with E-state index in [0.717, 1.165) is 25.0 Å². The number of rotatable bonds is 8. The molecule has 0 spiro atoms. The van der Waals surface area contributed by atoms with Gasteiger partial charge < -0.3 is 15.4 Å². The zero-order chi connectivity index (χ0) is 22.1. The van der Waals surface area contributed by atoms with Gasteiger partial charge in [-0.3, -0.25) is 9.59 Å². The molecule has 2 aromatic rings. The van der Waals surface area contributed by atoms with Crippen molar-refractivity contribution in [1.82, 2.24) is 10.3 Å². The zero-order valence-electron chi connectivity index (χ0n) is 15.4.